The maximum atomic E-state index is 13.9. The smallest absolute Gasteiger partial charge is 0.410 e. The van der Waals surface area contributed by atoms with Crippen LogP contribution in [0, 0.1) is 5.41 Å². The molecule has 3 saturated heterocycles. The normalized spacial score (nSPS) is 20.5. The number of piperidine rings is 2. The van der Waals surface area contributed by atoms with Gasteiger partial charge in [0.15, 0.2) is 5.82 Å². The van der Waals surface area contributed by atoms with Crippen molar-refractivity contribution < 1.29 is 31.5 Å². The van der Waals surface area contributed by atoms with Crippen molar-refractivity contribution in [1.82, 2.24) is 14.7 Å². The number of ether oxygens (including phenoxy) is 1. The number of sulfonamides is 1. The van der Waals surface area contributed by atoms with Gasteiger partial charge in [0.1, 0.15) is 10.9 Å². The molecule has 270 valence electrons. The van der Waals surface area contributed by atoms with Gasteiger partial charge in [-0.3, -0.25) is 14.2 Å². The number of aromatic nitrogens is 2. The number of fused-ring (bicyclic) bond motifs is 1. The molecule has 1 aromatic heterocycles. The van der Waals surface area contributed by atoms with Gasteiger partial charge in [-0.1, -0.05) is 0 Å². The third-order valence-corrected chi connectivity index (χ3v) is 12.1. The first-order valence-electron chi connectivity index (χ1n) is 17.3. The van der Waals surface area contributed by atoms with Gasteiger partial charge in [-0.25, -0.2) is 22.0 Å². The number of anilines is 4. The average molecular weight is 714 g/mol. The van der Waals surface area contributed by atoms with Crippen LogP contribution in [0.3, 0.4) is 0 Å². The zero-order valence-electron chi connectivity index (χ0n) is 29.0. The number of amides is 2. The summed E-state index contributed by atoms with van der Waals surface area (Å²) in [5, 5.41) is 7.60. The zero-order valence-corrected chi connectivity index (χ0v) is 29.8. The number of aryl methyl sites for hydroxylation is 1. The van der Waals surface area contributed by atoms with Gasteiger partial charge in [0.2, 0.25) is 10.0 Å². The number of rotatable bonds is 7. The number of hydrogen-bond donors (Lipinski definition) is 2. The molecule has 7 rings (SSSR count). The molecule has 0 unspecified atom stereocenters. The lowest BCUT2D eigenvalue weighted by Gasteiger charge is -2.39. The number of nitrogens with one attached hydrogen (secondary N) is 2. The second-order valence-corrected chi connectivity index (χ2v) is 17.3. The second kappa shape index (κ2) is 12.3. The number of halogens is 2. The van der Waals surface area contributed by atoms with Gasteiger partial charge in [0.25, 0.3) is 11.8 Å². The summed E-state index contributed by atoms with van der Waals surface area (Å²) in [7, 11) is -2.03. The fraction of sp³-hybridized carbons (Fsp3) is 0.571. The van der Waals surface area contributed by atoms with E-state index in [0.29, 0.717) is 33.9 Å². The molecule has 0 bridgehead atoms. The van der Waals surface area contributed by atoms with Gasteiger partial charge in [-0.05, 0) is 88.3 Å². The van der Waals surface area contributed by atoms with Crippen molar-refractivity contribution >= 4 is 55.8 Å². The number of carbonyl (C=O) groups is 2. The van der Waals surface area contributed by atoms with E-state index < -0.39 is 32.9 Å². The van der Waals surface area contributed by atoms with Crippen LogP contribution in [0.4, 0.5) is 36.5 Å². The van der Waals surface area contributed by atoms with Gasteiger partial charge in [-0.2, -0.15) is 5.10 Å². The van der Waals surface area contributed by atoms with E-state index >= 15 is 0 Å². The molecule has 0 atom stereocenters. The van der Waals surface area contributed by atoms with Gasteiger partial charge >= 0.3 is 6.09 Å². The van der Waals surface area contributed by atoms with Gasteiger partial charge < -0.3 is 24.8 Å². The molecule has 50 heavy (non-hydrogen) atoms. The first-order chi connectivity index (χ1) is 23.5. The molecule has 2 aromatic carbocycles. The number of nitrogens with zero attached hydrogens (tertiary/aromatic N) is 5. The van der Waals surface area contributed by atoms with E-state index in [-0.39, 0.29) is 44.9 Å². The van der Waals surface area contributed by atoms with E-state index in [1.807, 2.05) is 17.0 Å². The molecule has 2 amide bonds. The summed E-state index contributed by atoms with van der Waals surface area (Å²) in [5.41, 5.74) is 2.45. The number of hydrogen-bond acceptors (Lipinski definition) is 8. The van der Waals surface area contributed by atoms with Crippen LogP contribution in [0.5, 0.6) is 0 Å². The van der Waals surface area contributed by atoms with Crippen LogP contribution < -0.4 is 19.8 Å². The fourth-order valence-corrected chi connectivity index (χ4v) is 8.48. The first kappa shape index (κ1) is 34.3. The van der Waals surface area contributed by atoms with E-state index in [9.17, 15) is 26.8 Å². The summed E-state index contributed by atoms with van der Waals surface area (Å²) in [6, 6.07) is 10.4. The number of carbonyl (C=O) groups excluding carboxylic acids is 2. The van der Waals surface area contributed by atoms with Crippen molar-refractivity contribution in [3.8, 4) is 0 Å². The Morgan fingerprint density at radius 3 is 2.18 bits per heavy atom. The van der Waals surface area contributed by atoms with Crippen LogP contribution in [0.25, 0.3) is 10.9 Å². The average Bonchev–Trinajstić information content (AvgIpc) is 3.68. The van der Waals surface area contributed by atoms with Crippen LogP contribution in [-0.4, -0.2) is 91.1 Å². The van der Waals surface area contributed by atoms with Crippen LogP contribution in [0.15, 0.2) is 36.4 Å². The Morgan fingerprint density at radius 2 is 1.54 bits per heavy atom. The highest BCUT2D eigenvalue weighted by molar-refractivity contribution is 7.93. The molecular formula is C35H45F2N7O5S. The SMILES string of the molecule is Cn1nc(N2CCC(F)(F)CC2)c2cc(NC(=O)c3ccc(NS(=O)(=O)C4CN(C(=O)OC(C)(C)C)C4)cc3N3CCC4(CC3)CC4)ccc21. The maximum absolute atomic E-state index is 13.9. The maximum Gasteiger partial charge on any atom is 0.410 e. The lowest BCUT2D eigenvalue weighted by Crippen LogP contribution is -2.58. The third-order valence-electron chi connectivity index (χ3n) is 10.4. The lowest BCUT2D eigenvalue weighted by molar-refractivity contribution is -0.0221. The minimum Gasteiger partial charge on any atom is -0.444 e. The molecule has 4 heterocycles. The Hall–Kier alpha value is -4.14. The molecule has 12 nitrogen and oxygen atoms in total. The summed E-state index contributed by atoms with van der Waals surface area (Å²) in [5.74, 6) is -2.43. The lowest BCUT2D eigenvalue weighted by atomic mass is 9.93. The Balaban J connectivity index is 1.10. The molecule has 15 heteroatoms. The van der Waals surface area contributed by atoms with Crippen molar-refractivity contribution in [3.63, 3.8) is 0 Å². The highest BCUT2D eigenvalue weighted by Crippen LogP contribution is 2.54. The summed E-state index contributed by atoms with van der Waals surface area (Å²) < 4.78 is 64.2. The Kier molecular flexibility index (Phi) is 8.42. The minimum absolute atomic E-state index is 0.0268. The number of benzene rings is 2. The van der Waals surface area contributed by atoms with E-state index in [4.69, 9.17) is 4.74 Å². The fourth-order valence-electron chi connectivity index (χ4n) is 7.11. The molecule has 0 radical (unpaired) electrons. The Bertz CT molecular complexity index is 1910. The van der Waals surface area contributed by atoms with Crippen molar-refractivity contribution in [1.29, 1.82) is 0 Å². The highest BCUT2D eigenvalue weighted by Gasteiger charge is 2.45. The summed E-state index contributed by atoms with van der Waals surface area (Å²) in [6.07, 6.45) is 3.43. The van der Waals surface area contributed by atoms with Crippen LogP contribution in [0.2, 0.25) is 0 Å². The molecule has 4 fully saturated rings. The molecule has 2 N–H and O–H groups in total. The molecule has 3 aromatic rings. The van der Waals surface area contributed by atoms with Crippen LogP contribution in [-0.2, 0) is 21.8 Å². The molecular weight excluding hydrogens is 668 g/mol. The Labute approximate surface area is 291 Å². The molecule has 4 aliphatic rings. The standard InChI is InChI=1S/C35H45F2N7O5S/c1-33(2,3)49-32(46)44-21-25(22-44)50(47,48)40-24-5-7-26(29(20-24)42-15-11-34(9-10-34)12-16-42)31(45)38-23-6-8-28-27(19-23)30(39-41(28)4)43-17-13-35(36,37)14-18-43/h5-8,19-20,25,40H,9-18,21-22H2,1-4H3,(H,38,45). The Morgan fingerprint density at radius 1 is 0.900 bits per heavy atom. The molecule has 1 saturated carbocycles. The minimum atomic E-state index is -3.84. The first-order valence-corrected chi connectivity index (χ1v) is 18.8. The summed E-state index contributed by atoms with van der Waals surface area (Å²) in [6.45, 7) is 7.21. The van der Waals surface area contributed by atoms with E-state index in [2.05, 4.69) is 20.0 Å². The predicted molar refractivity (Wildman–Crippen MR) is 189 cm³/mol. The van der Waals surface area contributed by atoms with Crippen molar-refractivity contribution in [2.75, 3.05) is 59.1 Å². The van der Waals surface area contributed by atoms with Crippen molar-refractivity contribution in [2.24, 2.45) is 12.5 Å². The van der Waals surface area contributed by atoms with Crippen molar-refractivity contribution in [3.05, 3.63) is 42.0 Å². The third kappa shape index (κ3) is 7.06. The van der Waals surface area contributed by atoms with Crippen LogP contribution in [0.1, 0.15) is 69.7 Å². The van der Waals surface area contributed by atoms with E-state index in [0.717, 1.165) is 36.8 Å². The summed E-state index contributed by atoms with van der Waals surface area (Å²) >= 11 is 0. The van der Waals surface area contributed by atoms with Crippen LogP contribution >= 0.6 is 0 Å². The second-order valence-electron chi connectivity index (χ2n) is 15.3. The quantitative estimate of drug-likeness (QED) is 0.315. The van der Waals surface area contributed by atoms with Crippen molar-refractivity contribution in [2.45, 2.75) is 76.1 Å². The van der Waals surface area contributed by atoms with Gasteiger partial charge in [-0.15, -0.1) is 0 Å². The molecule has 3 aliphatic heterocycles. The number of likely N-dealkylation sites (tertiary alicyclic amines) is 1. The van der Waals surface area contributed by atoms with E-state index in [1.165, 1.54) is 17.7 Å². The number of alkyl halides is 2. The predicted octanol–water partition coefficient (Wildman–Crippen LogP) is 5.80. The summed E-state index contributed by atoms with van der Waals surface area (Å²) in [4.78, 5) is 31.7. The largest absolute Gasteiger partial charge is 0.444 e. The van der Waals surface area contributed by atoms with E-state index in [1.54, 1.807) is 56.8 Å². The molecule has 1 aliphatic carbocycles. The zero-order chi connectivity index (χ0) is 35.6. The monoisotopic (exact) mass is 713 g/mol. The topological polar surface area (TPSA) is 129 Å². The van der Waals surface area contributed by atoms with Gasteiger partial charge in [0.05, 0.1) is 22.5 Å². The molecule has 1 spiro atoms. The highest BCUT2D eigenvalue weighted by atomic mass is 32.2. The van der Waals surface area contributed by atoms with Gasteiger partial charge in [0, 0.05) is 70.2 Å².